The normalized spacial score (nSPS) is 30.4. The topological polar surface area (TPSA) is 42.9 Å². The van der Waals surface area contributed by atoms with Gasteiger partial charge in [-0.1, -0.05) is 24.6 Å². The molecule has 3 rings (SSSR count). The molecule has 102 valence electrons. The van der Waals surface area contributed by atoms with E-state index < -0.39 is 0 Å². The number of ether oxygens (including phenoxy) is 1. The van der Waals surface area contributed by atoms with Crippen LogP contribution in [-0.2, 0) is 4.74 Å². The smallest absolute Gasteiger partial charge is 0.338 e. The van der Waals surface area contributed by atoms with Gasteiger partial charge in [0.05, 0.1) is 18.2 Å². The molecule has 0 unspecified atom stereocenters. The maximum absolute atomic E-state index is 12.2. The van der Waals surface area contributed by atoms with Crippen molar-refractivity contribution in [2.45, 2.75) is 44.2 Å². The lowest BCUT2D eigenvalue weighted by molar-refractivity contribution is -0.710. The van der Waals surface area contributed by atoms with Crippen molar-refractivity contribution in [3.05, 3.63) is 35.9 Å². The van der Waals surface area contributed by atoms with Crippen molar-refractivity contribution >= 4 is 5.97 Å². The molecule has 0 amide bonds. The number of carbonyl (C=O) groups is 1. The average molecular weight is 260 g/mol. The van der Waals surface area contributed by atoms with Gasteiger partial charge >= 0.3 is 5.97 Å². The number of benzene rings is 1. The summed E-state index contributed by atoms with van der Waals surface area (Å²) in [7, 11) is 0. The van der Waals surface area contributed by atoms with Crippen LogP contribution in [0.15, 0.2) is 30.3 Å². The van der Waals surface area contributed by atoms with Gasteiger partial charge in [-0.2, -0.15) is 0 Å². The lowest BCUT2D eigenvalue weighted by atomic mass is 9.77. The summed E-state index contributed by atoms with van der Waals surface area (Å²) in [5.41, 5.74) is 0.671. The van der Waals surface area contributed by atoms with Crippen LogP contribution in [0.1, 0.15) is 42.5 Å². The highest BCUT2D eigenvalue weighted by Crippen LogP contribution is 2.30. The molecule has 19 heavy (non-hydrogen) atoms. The number of hydrogen-bond donors (Lipinski definition) is 1. The Morgan fingerprint density at radius 3 is 2.74 bits per heavy atom. The summed E-state index contributed by atoms with van der Waals surface area (Å²) >= 11 is 0. The zero-order chi connectivity index (χ0) is 13.1. The molecular formula is C16H22NO2+. The molecular weight excluding hydrogens is 238 g/mol. The Balaban J connectivity index is 1.66. The maximum atomic E-state index is 12.2. The molecule has 1 heterocycles. The van der Waals surface area contributed by atoms with E-state index in [0.29, 0.717) is 17.5 Å². The summed E-state index contributed by atoms with van der Waals surface area (Å²) in [6.45, 7) is 1.09. The van der Waals surface area contributed by atoms with Gasteiger partial charge in [-0.25, -0.2) is 4.79 Å². The molecule has 1 saturated heterocycles. The monoisotopic (exact) mass is 260 g/mol. The third kappa shape index (κ3) is 2.81. The van der Waals surface area contributed by atoms with Gasteiger partial charge in [-0.3, -0.25) is 0 Å². The summed E-state index contributed by atoms with van der Waals surface area (Å²) in [6.07, 6.45) is 6.24. The molecule has 1 aliphatic heterocycles. The summed E-state index contributed by atoms with van der Waals surface area (Å²) < 4.78 is 5.79. The number of esters is 1. The molecule has 2 fully saturated rings. The molecule has 2 aliphatic rings. The fraction of sp³-hybridized carbons (Fsp3) is 0.562. The number of rotatable bonds is 2. The molecule has 0 aromatic heterocycles. The average Bonchev–Trinajstić information content (AvgIpc) is 2.48. The Kier molecular flexibility index (Phi) is 3.83. The van der Waals surface area contributed by atoms with E-state index in [9.17, 15) is 4.79 Å². The second kappa shape index (κ2) is 5.74. The van der Waals surface area contributed by atoms with Crippen LogP contribution in [0.3, 0.4) is 0 Å². The van der Waals surface area contributed by atoms with Crippen molar-refractivity contribution in [3.63, 3.8) is 0 Å². The number of hydrogen-bond acceptors (Lipinski definition) is 2. The number of piperidine rings is 1. The number of nitrogens with two attached hydrogens (primary N) is 1. The van der Waals surface area contributed by atoms with Crippen molar-refractivity contribution in [1.82, 2.24) is 0 Å². The van der Waals surface area contributed by atoms with E-state index in [2.05, 4.69) is 5.32 Å². The molecule has 0 radical (unpaired) electrons. The minimum absolute atomic E-state index is 0.128. The number of quaternary nitrogens is 1. The van der Waals surface area contributed by atoms with Gasteiger partial charge in [0.15, 0.2) is 0 Å². The molecule has 0 bridgehead atoms. The minimum Gasteiger partial charge on any atom is -0.458 e. The van der Waals surface area contributed by atoms with E-state index in [1.807, 2.05) is 30.3 Å². The van der Waals surface area contributed by atoms with Gasteiger partial charge in [0.25, 0.3) is 0 Å². The zero-order valence-corrected chi connectivity index (χ0v) is 11.3. The van der Waals surface area contributed by atoms with Crippen LogP contribution in [0.2, 0.25) is 0 Å². The molecule has 0 spiro atoms. The summed E-state index contributed by atoms with van der Waals surface area (Å²) in [5.74, 6) is 0.409. The maximum Gasteiger partial charge on any atom is 0.338 e. The van der Waals surface area contributed by atoms with Gasteiger partial charge in [0.2, 0.25) is 0 Å². The summed E-state index contributed by atoms with van der Waals surface area (Å²) in [4.78, 5) is 12.2. The highest BCUT2D eigenvalue weighted by Gasteiger charge is 2.39. The van der Waals surface area contributed by atoms with Gasteiger partial charge in [0, 0.05) is 12.3 Å². The van der Waals surface area contributed by atoms with E-state index in [1.54, 1.807) is 0 Å². The second-order valence-corrected chi connectivity index (χ2v) is 5.74. The Hall–Kier alpha value is -1.35. The Labute approximate surface area is 114 Å². The van der Waals surface area contributed by atoms with Crippen LogP contribution in [-0.4, -0.2) is 24.7 Å². The van der Waals surface area contributed by atoms with Crippen LogP contribution in [0.5, 0.6) is 0 Å². The highest BCUT2D eigenvalue weighted by molar-refractivity contribution is 5.89. The summed E-state index contributed by atoms with van der Waals surface area (Å²) in [5, 5.41) is 2.46. The lowest BCUT2D eigenvalue weighted by Crippen LogP contribution is -2.94. The van der Waals surface area contributed by atoms with Gasteiger partial charge in [-0.15, -0.1) is 0 Å². The standard InChI is InChI=1S/C16H21NO2/c18-16(12-6-2-1-3-7-12)19-15-10-11-17-14-9-5-4-8-13(14)15/h1-3,6-7,13-15,17H,4-5,8-11H2/p+1/t13-,14+,15-/m0/s1. The van der Waals surface area contributed by atoms with Crippen molar-refractivity contribution in [3.8, 4) is 0 Å². The molecule has 3 nitrogen and oxygen atoms in total. The molecule has 3 heteroatoms. The van der Waals surface area contributed by atoms with Crippen LogP contribution in [0, 0.1) is 5.92 Å². The largest absolute Gasteiger partial charge is 0.458 e. The first kappa shape index (κ1) is 12.7. The fourth-order valence-electron chi connectivity index (χ4n) is 3.56. The van der Waals surface area contributed by atoms with Gasteiger partial charge < -0.3 is 10.1 Å². The highest BCUT2D eigenvalue weighted by atomic mass is 16.5. The van der Waals surface area contributed by atoms with Crippen molar-refractivity contribution in [1.29, 1.82) is 0 Å². The zero-order valence-electron chi connectivity index (χ0n) is 11.3. The van der Waals surface area contributed by atoms with Crippen molar-refractivity contribution < 1.29 is 14.8 Å². The third-order valence-electron chi connectivity index (χ3n) is 4.54. The van der Waals surface area contributed by atoms with E-state index in [4.69, 9.17) is 4.74 Å². The van der Waals surface area contributed by atoms with Crippen LogP contribution in [0.25, 0.3) is 0 Å². The molecule has 1 aromatic rings. The lowest BCUT2D eigenvalue weighted by Gasteiger charge is -2.38. The van der Waals surface area contributed by atoms with E-state index in [0.717, 1.165) is 13.0 Å². The first-order chi connectivity index (χ1) is 9.34. The SMILES string of the molecule is O=C(O[C@H]1CC[NH2+][C@@H]2CCCC[C@H]12)c1ccccc1. The van der Waals surface area contributed by atoms with Crippen molar-refractivity contribution in [2.75, 3.05) is 6.54 Å². The molecule has 1 aliphatic carbocycles. The minimum atomic E-state index is -0.156. The molecule has 3 atom stereocenters. The first-order valence-corrected chi connectivity index (χ1v) is 7.44. The Bertz CT molecular complexity index is 430. The van der Waals surface area contributed by atoms with E-state index >= 15 is 0 Å². The fourth-order valence-corrected chi connectivity index (χ4v) is 3.56. The first-order valence-electron chi connectivity index (χ1n) is 7.44. The van der Waals surface area contributed by atoms with Crippen LogP contribution >= 0.6 is 0 Å². The number of carbonyl (C=O) groups excluding carboxylic acids is 1. The second-order valence-electron chi connectivity index (χ2n) is 5.74. The predicted molar refractivity (Wildman–Crippen MR) is 72.8 cm³/mol. The Morgan fingerprint density at radius 2 is 1.89 bits per heavy atom. The quantitative estimate of drug-likeness (QED) is 0.823. The molecule has 1 aromatic carbocycles. The molecule has 2 N–H and O–H groups in total. The summed E-state index contributed by atoms with van der Waals surface area (Å²) in [6, 6.07) is 10.0. The van der Waals surface area contributed by atoms with Crippen molar-refractivity contribution in [2.24, 2.45) is 5.92 Å². The van der Waals surface area contributed by atoms with Crippen LogP contribution < -0.4 is 5.32 Å². The molecule has 1 saturated carbocycles. The number of fused-ring (bicyclic) bond motifs is 1. The van der Waals surface area contributed by atoms with Gasteiger partial charge in [0.1, 0.15) is 6.10 Å². The van der Waals surface area contributed by atoms with Crippen LogP contribution in [0.4, 0.5) is 0 Å². The Morgan fingerprint density at radius 1 is 1.11 bits per heavy atom. The van der Waals surface area contributed by atoms with E-state index in [-0.39, 0.29) is 12.1 Å². The third-order valence-corrected chi connectivity index (χ3v) is 4.54. The van der Waals surface area contributed by atoms with Gasteiger partial charge in [-0.05, 0) is 31.4 Å². The van der Waals surface area contributed by atoms with E-state index in [1.165, 1.54) is 25.7 Å². The predicted octanol–water partition coefficient (Wildman–Crippen LogP) is 1.74.